The van der Waals surface area contributed by atoms with E-state index in [0.717, 1.165) is 25.1 Å². The van der Waals surface area contributed by atoms with E-state index in [2.05, 4.69) is 10.3 Å². The monoisotopic (exact) mass is 364 g/mol. The van der Waals surface area contributed by atoms with E-state index in [-0.39, 0.29) is 23.7 Å². The quantitative estimate of drug-likeness (QED) is 0.816. The number of nitrogens with one attached hydrogen (secondary N) is 1. The number of ether oxygens (including phenoxy) is 1. The van der Waals surface area contributed by atoms with Crippen molar-refractivity contribution in [3.63, 3.8) is 0 Å². The van der Waals surface area contributed by atoms with E-state index >= 15 is 0 Å². The molecule has 3 rings (SSSR count). The highest BCUT2D eigenvalue weighted by atomic mass is 32.2. The van der Waals surface area contributed by atoms with Crippen molar-refractivity contribution in [2.45, 2.75) is 31.6 Å². The van der Waals surface area contributed by atoms with Gasteiger partial charge in [-0.25, -0.2) is 9.37 Å². The number of aryl methyl sites for hydroxylation is 1. The van der Waals surface area contributed by atoms with Crippen LogP contribution in [0.3, 0.4) is 0 Å². The van der Waals surface area contributed by atoms with Gasteiger partial charge in [0.25, 0.3) is 0 Å². The van der Waals surface area contributed by atoms with Crippen molar-refractivity contribution in [2.75, 3.05) is 18.9 Å². The van der Waals surface area contributed by atoms with Gasteiger partial charge in [-0.3, -0.25) is 4.79 Å². The topological polar surface area (TPSA) is 64.4 Å². The summed E-state index contributed by atoms with van der Waals surface area (Å²) in [6, 6.07) is 6.38. The molecule has 7 heteroatoms. The lowest BCUT2D eigenvalue weighted by Crippen LogP contribution is -2.32. The van der Waals surface area contributed by atoms with Crippen molar-refractivity contribution in [1.82, 2.24) is 10.3 Å². The zero-order valence-electron chi connectivity index (χ0n) is 14.1. The van der Waals surface area contributed by atoms with Crippen LogP contribution in [-0.2, 0) is 15.3 Å². The molecule has 1 fully saturated rings. The number of aromatic nitrogens is 1. The molecular weight excluding hydrogens is 343 g/mol. The lowest BCUT2D eigenvalue weighted by molar-refractivity contribution is -0.119. The largest absolute Gasteiger partial charge is 0.441 e. The summed E-state index contributed by atoms with van der Waals surface area (Å²) >= 11 is 1.45. The molecule has 0 saturated carbocycles. The maximum atomic E-state index is 13.8. The first-order valence-electron chi connectivity index (χ1n) is 8.30. The highest BCUT2D eigenvalue weighted by molar-refractivity contribution is 7.99. The Bertz CT molecular complexity index is 729. The predicted octanol–water partition coefficient (Wildman–Crippen LogP) is 3.32. The summed E-state index contributed by atoms with van der Waals surface area (Å²) in [4.78, 5) is 16.2. The molecular formula is C18H21FN2O3S. The number of oxazole rings is 1. The number of carbonyl (C=O) groups is 1. The van der Waals surface area contributed by atoms with Crippen LogP contribution in [0.1, 0.15) is 24.3 Å². The van der Waals surface area contributed by atoms with Crippen LogP contribution in [0.5, 0.6) is 0 Å². The van der Waals surface area contributed by atoms with Crippen LogP contribution < -0.4 is 5.32 Å². The van der Waals surface area contributed by atoms with Crippen molar-refractivity contribution in [2.24, 2.45) is 0 Å². The number of carbonyl (C=O) groups excluding carboxylic acids is 1. The third-order valence-electron chi connectivity index (χ3n) is 4.02. The molecule has 1 saturated heterocycles. The van der Waals surface area contributed by atoms with Gasteiger partial charge in [0.15, 0.2) is 0 Å². The molecule has 134 valence electrons. The molecule has 1 atom stereocenters. The Labute approximate surface area is 150 Å². The standard InChI is InChI=1S/C18H21FN2O3S/c1-12-16(21-18(24-12)14-6-2-3-7-15(14)19)10-25-11-17(22)20-9-13-5-4-8-23-13/h2-3,6-7,13H,4-5,8-11H2,1H3,(H,20,22). The van der Waals surface area contributed by atoms with Crippen molar-refractivity contribution < 1.29 is 18.3 Å². The minimum absolute atomic E-state index is 0.0176. The molecule has 2 aromatic rings. The Hall–Kier alpha value is -1.86. The summed E-state index contributed by atoms with van der Waals surface area (Å²) in [5.74, 6) is 1.41. The minimum Gasteiger partial charge on any atom is -0.441 e. The number of halogens is 1. The van der Waals surface area contributed by atoms with Crippen molar-refractivity contribution in [3.05, 3.63) is 41.5 Å². The van der Waals surface area contributed by atoms with Gasteiger partial charge in [-0.1, -0.05) is 12.1 Å². The Balaban J connectivity index is 1.48. The highest BCUT2D eigenvalue weighted by Gasteiger charge is 2.17. The first-order valence-corrected chi connectivity index (χ1v) is 9.46. The molecule has 5 nitrogen and oxygen atoms in total. The normalized spacial score (nSPS) is 17.0. The summed E-state index contributed by atoms with van der Waals surface area (Å²) in [7, 11) is 0. The van der Waals surface area contributed by atoms with E-state index in [9.17, 15) is 9.18 Å². The van der Waals surface area contributed by atoms with E-state index in [1.165, 1.54) is 17.8 Å². The second-order valence-corrected chi connectivity index (χ2v) is 6.92. The molecule has 1 aliphatic rings. The van der Waals surface area contributed by atoms with Gasteiger partial charge in [0.05, 0.1) is 23.1 Å². The Morgan fingerprint density at radius 3 is 3.04 bits per heavy atom. The number of amides is 1. The number of rotatable bonds is 7. The fourth-order valence-corrected chi connectivity index (χ4v) is 3.49. The molecule has 2 heterocycles. The van der Waals surface area contributed by atoms with Gasteiger partial charge in [0.1, 0.15) is 11.6 Å². The summed E-state index contributed by atoms with van der Waals surface area (Å²) in [5, 5.41) is 2.89. The van der Waals surface area contributed by atoms with Gasteiger partial charge >= 0.3 is 0 Å². The van der Waals surface area contributed by atoms with Gasteiger partial charge in [-0.15, -0.1) is 11.8 Å². The molecule has 0 aliphatic carbocycles. The van der Waals surface area contributed by atoms with Crippen LogP contribution in [0.2, 0.25) is 0 Å². The van der Waals surface area contributed by atoms with E-state index in [1.54, 1.807) is 25.1 Å². The van der Waals surface area contributed by atoms with Crippen LogP contribution in [0, 0.1) is 12.7 Å². The van der Waals surface area contributed by atoms with Crippen molar-refractivity contribution >= 4 is 17.7 Å². The minimum atomic E-state index is -0.364. The summed E-state index contributed by atoms with van der Waals surface area (Å²) in [5.41, 5.74) is 1.08. The maximum absolute atomic E-state index is 13.8. The third kappa shape index (κ3) is 4.83. The molecule has 1 amide bonds. The number of thioether (sulfide) groups is 1. The SMILES string of the molecule is Cc1oc(-c2ccccc2F)nc1CSCC(=O)NCC1CCCO1. The molecule has 1 aromatic heterocycles. The fourth-order valence-electron chi connectivity index (χ4n) is 2.64. The summed E-state index contributed by atoms with van der Waals surface area (Å²) < 4.78 is 24.9. The molecule has 1 aromatic carbocycles. The molecule has 0 spiro atoms. The molecule has 0 bridgehead atoms. The average molecular weight is 364 g/mol. The number of hydrogen-bond acceptors (Lipinski definition) is 5. The fraction of sp³-hybridized carbons (Fsp3) is 0.444. The smallest absolute Gasteiger partial charge is 0.230 e. The lowest BCUT2D eigenvalue weighted by atomic mass is 10.2. The van der Waals surface area contributed by atoms with E-state index in [0.29, 0.717) is 29.4 Å². The Morgan fingerprint density at radius 2 is 2.28 bits per heavy atom. The van der Waals surface area contributed by atoms with Crippen LogP contribution in [0.4, 0.5) is 4.39 Å². The Morgan fingerprint density at radius 1 is 1.44 bits per heavy atom. The summed E-state index contributed by atoms with van der Waals surface area (Å²) in [6.45, 7) is 3.15. The maximum Gasteiger partial charge on any atom is 0.230 e. The first kappa shape index (κ1) is 17.9. The van der Waals surface area contributed by atoms with Gasteiger partial charge in [-0.2, -0.15) is 0 Å². The second kappa shape index (κ2) is 8.49. The zero-order chi connectivity index (χ0) is 17.6. The molecule has 1 unspecified atom stereocenters. The van der Waals surface area contributed by atoms with E-state index in [4.69, 9.17) is 9.15 Å². The van der Waals surface area contributed by atoms with Crippen LogP contribution in [-0.4, -0.2) is 35.9 Å². The zero-order valence-corrected chi connectivity index (χ0v) is 14.9. The first-order chi connectivity index (χ1) is 12.1. The molecule has 0 radical (unpaired) electrons. The third-order valence-corrected chi connectivity index (χ3v) is 4.96. The average Bonchev–Trinajstić information content (AvgIpc) is 3.24. The number of nitrogens with zero attached hydrogens (tertiary/aromatic N) is 1. The van der Waals surface area contributed by atoms with Crippen molar-refractivity contribution in [1.29, 1.82) is 0 Å². The number of benzene rings is 1. The Kier molecular flexibility index (Phi) is 6.09. The second-order valence-electron chi connectivity index (χ2n) is 5.93. The summed E-state index contributed by atoms with van der Waals surface area (Å²) in [6.07, 6.45) is 2.21. The van der Waals surface area contributed by atoms with E-state index < -0.39 is 0 Å². The van der Waals surface area contributed by atoms with Crippen LogP contribution in [0.25, 0.3) is 11.5 Å². The molecule has 1 N–H and O–H groups in total. The van der Waals surface area contributed by atoms with Crippen LogP contribution >= 0.6 is 11.8 Å². The highest BCUT2D eigenvalue weighted by Crippen LogP contribution is 2.26. The van der Waals surface area contributed by atoms with Gasteiger partial charge in [-0.05, 0) is 31.9 Å². The molecule has 25 heavy (non-hydrogen) atoms. The van der Waals surface area contributed by atoms with E-state index in [1.807, 2.05) is 0 Å². The van der Waals surface area contributed by atoms with Gasteiger partial charge in [0, 0.05) is 18.9 Å². The van der Waals surface area contributed by atoms with Gasteiger partial charge in [0.2, 0.25) is 11.8 Å². The predicted molar refractivity (Wildman–Crippen MR) is 94.8 cm³/mol. The molecule has 1 aliphatic heterocycles. The number of hydrogen-bond donors (Lipinski definition) is 1. The van der Waals surface area contributed by atoms with Crippen molar-refractivity contribution in [3.8, 4) is 11.5 Å². The van der Waals surface area contributed by atoms with Crippen LogP contribution in [0.15, 0.2) is 28.7 Å². The van der Waals surface area contributed by atoms with Gasteiger partial charge < -0.3 is 14.5 Å². The lowest BCUT2D eigenvalue weighted by Gasteiger charge is -2.10.